The molecule has 3 rings (SSSR count). The molecule has 0 unspecified atom stereocenters. The summed E-state index contributed by atoms with van der Waals surface area (Å²) in [5.41, 5.74) is 0.846. The normalized spacial score (nSPS) is 11.9. The molecule has 0 bridgehead atoms. The second-order valence-corrected chi connectivity index (χ2v) is 9.90. The minimum Gasteiger partial charge on any atom is -0.237 e. The molecule has 0 saturated heterocycles. The maximum atomic E-state index is 13.2. The van der Waals surface area contributed by atoms with E-state index < -0.39 is 20.0 Å². The third kappa shape index (κ3) is 3.83. The zero-order valence-corrected chi connectivity index (χ0v) is 16.5. The molecular formula is C18H15ClN2O4S2. The Labute approximate surface area is 163 Å². The van der Waals surface area contributed by atoms with E-state index in [1.165, 1.54) is 54.7 Å². The maximum Gasteiger partial charge on any atom is 0.279 e. The molecule has 0 atom stereocenters. The molecule has 0 fully saturated rings. The molecule has 140 valence electrons. The van der Waals surface area contributed by atoms with Crippen LogP contribution in [0.1, 0.15) is 5.56 Å². The van der Waals surface area contributed by atoms with Crippen LogP contribution in [0.2, 0.25) is 5.02 Å². The fourth-order valence-electron chi connectivity index (χ4n) is 2.35. The summed E-state index contributed by atoms with van der Waals surface area (Å²) in [6.07, 6.45) is 1.32. The molecule has 0 aliphatic carbocycles. The van der Waals surface area contributed by atoms with Crippen LogP contribution in [0.3, 0.4) is 0 Å². The number of benzene rings is 2. The molecule has 0 aliphatic heterocycles. The Morgan fingerprint density at radius 3 is 1.78 bits per heavy atom. The smallest absolute Gasteiger partial charge is 0.237 e. The average Bonchev–Trinajstić information content (AvgIpc) is 2.63. The monoisotopic (exact) mass is 422 g/mol. The highest BCUT2D eigenvalue weighted by atomic mass is 35.5. The first-order valence-corrected chi connectivity index (χ1v) is 11.0. The van der Waals surface area contributed by atoms with Gasteiger partial charge in [0.25, 0.3) is 20.0 Å². The van der Waals surface area contributed by atoms with E-state index in [9.17, 15) is 16.8 Å². The third-order valence-corrected chi connectivity index (χ3v) is 8.12. The molecule has 27 heavy (non-hydrogen) atoms. The summed E-state index contributed by atoms with van der Waals surface area (Å²) in [5.74, 6) is -0.229. The second-order valence-electron chi connectivity index (χ2n) is 5.66. The molecule has 0 spiro atoms. The number of sulfonamides is 2. The molecule has 1 heterocycles. The van der Waals surface area contributed by atoms with Crippen LogP contribution in [-0.4, -0.2) is 21.8 Å². The molecule has 0 amide bonds. The summed E-state index contributed by atoms with van der Waals surface area (Å²) < 4.78 is 53.2. The van der Waals surface area contributed by atoms with Crippen LogP contribution >= 0.6 is 11.6 Å². The number of anilines is 1. The van der Waals surface area contributed by atoms with Crippen LogP contribution in [-0.2, 0) is 20.0 Å². The van der Waals surface area contributed by atoms with Gasteiger partial charge in [0, 0.05) is 11.2 Å². The van der Waals surface area contributed by atoms with Crippen molar-refractivity contribution in [3.05, 3.63) is 83.5 Å². The van der Waals surface area contributed by atoms with Crippen molar-refractivity contribution in [2.45, 2.75) is 16.7 Å². The van der Waals surface area contributed by atoms with Crippen molar-refractivity contribution < 1.29 is 16.8 Å². The third-order valence-electron chi connectivity index (χ3n) is 3.70. The fraction of sp³-hybridized carbons (Fsp3) is 0.0556. The number of aryl methyl sites for hydroxylation is 1. The van der Waals surface area contributed by atoms with Crippen molar-refractivity contribution in [2.75, 3.05) is 3.71 Å². The standard InChI is InChI=1S/C18H15ClN2O4S2/c1-14-5-9-16(10-6-14)26(22,23)21(18-4-2-3-13-20-18)27(24,25)17-11-7-15(19)8-12-17/h2-13H,1H3. The summed E-state index contributed by atoms with van der Waals surface area (Å²) in [7, 11) is -8.90. The number of aromatic nitrogens is 1. The van der Waals surface area contributed by atoms with E-state index in [4.69, 9.17) is 11.6 Å². The van der Waals surface area contributed by atoms with Crippen molar-refractivity contribution in [3.63, 3.8) is 0 Å². The molecule has 0 N–H and O–H groups in total. The molecule has 0 saturated carbocycles. The van der Waals surface area contributed by atoms with E-state index in [1.54, 1.807) is 25.1 Å². The van der Waals surface area contributed by atoms with Crippen LogP contribution in [0.25, 0.3) is 0 Å². The number of halogens is 1. The van der Waals surface area contributed by atoms with Gasteiger partial charge in [-0.3, -0.25) is 0 Å². The van der Waals surface area contributed by atoms with Gasteiger partial charge in [-0.15, -0.1) is 3.71 Å². The first kappa shape index (κ1) is 19.3. The van der Waals surface area contributed by atoms with E-state index in [-0.39, 0.29) is 15.6 Å². The molecule has 6 nitrogen and oxygen atoms in total. The van der Waals surface area contributed by atoms with Crippen LogP contribution < -0.4 is 3.71 Å². The van der Waals surface area contributed by atoms with Crippen molar-refractivity contribution in [1.29, 1.82) is 0 Å². The van der Waals surface area contributed by atoms with Crippen molar-refractivity contribution in [2.24, 2.45) is 0 Å². The topological polar surface area (TPSA) is 84.4 Å². The van der Waals surface area contributed by atoms with Gasteiger partial charge in [-0.25, -0.2) is 4.98 Å². The van der Waals surface area contributed by atoms with Gasteiger partial charge in [0.15, 0.2) is 5.82 Å². The van der Waals surface area contributed by atoms with E-state index in [0.717, 1.165) is 5.56 Å². The first-order valence-electron chi connectivity index (χ1n) is 7.77. The number of hydrogen-bond donors (Lipinski definition) is 0. The molecule has 0 aliphatic rings. The fourth-order valence-corrected chi connectivity index (χ4v) is 6.07. The Bertz CT molecular complexity index is 1070. The number of pyridine rings is 1. The van der Waals surface area contributed by atoms with Gasteiger partial charge in [0.1, 0.15) is 0 Å². The van der Waals surface area contributed by atoms with E-state index in [0.29, 0.717) is 8.73 Å². The van der Waals surface area contributed by atoms with Gasteiger partial charge in [-0.05, 0) is 55.5 Å². The lowest BCUT2D eigenvalue weighted by atomic mass is 10.2. The Balaban J connectivity index is 2.24. The predicted molar refractivity (Wildman–Crippen MR) is 104 cm³/mol. The van der Waals surface area contributed by atoms with Crippen LogP contribution in [0.4, 0.5) is 5.82 Å². The number of nitrogens with zero attached hydrogens (tertiary/aromatic N) is 2. The van der Waals surface area contributed by atoms with Crippen molar-refractivity contribution in [3.8, 4) is 0 Å². The lowest BCUT2D eigenvalue weighted by Gasteiger charge is -2.23. The van der Waals surface area contributed by atoms with Crippen molar-refractivity contribution >= 4 is 37.5 Å². The van der Waals surface area contributed by atoms with E-state index >= 15 is 0 Å². The predicted octanol–water partition coefficient (Wildman–Crippen LogP) is 3.63. The van der Waals surface area contributed by atoms with E-state index in [2.05, 4.69) is 4.98 Å². The van der Waals surface area contributed by atoms with E-state index in [1.807, 2.05) is 0 Å². The second kappa shape index (κ2) is 7.30. The molecule has 0 radical (unpaired) electrons. The van der Waals surface area contributed by atoms with Crippen LogP contribution in [0.15, 0.2) is 82.7 Å². The minimum absolute atomic E-state index is 0.156. The Kier molecular flexibility index (Phi) is 5.23. The highest BCUT2D eigenvalue weighted by Gasteiger charge is 2.37. The SMILES string of the molecule is Cc1ccc(S(=O)(=O)N(c2ccccn2)S(=O)(=O)c2ccc(Cl)cc2)cc1. The Hall–Kier alpha value is -2.42. The highest BCUT2D eigenvalue weighted by Crippen LogP contribution is 2.29. The number of rotatable bonds is 5. The zero-order chi connectivity index (χ0) is 19.7. The summed E-state index contributed by atoms with van der Waals surface area (Å²) >= 11 is 5.82. The van der Waals surface area contributed by atoms with Crippen LogP contribution in [0.5, 0.6) is 0 Å². The summed E-state index contributed by atoms with van der Waals surface area (Å²) in [6, 6.07) is 15.6. The van der Waals surface area contributed by atoms with Gasteiger partial charge in [-0.2, -0.15) is 16.8 Å². The molecule has 3 aromatic rings. The lowest BCUT2D eigenvalue weighted by Crippen LogP contribution is -2.37. The minimum atomic E-state index is -4.46. The van der Waals surface area contributed by atoms with Gasteiger partial charge in [0.05, 0.1) is 9.79 Å². The lowest BCUT2D eigenvalue weighted by molar-refractivity contribution is 0.583. The van der Waals surface area contributed by atoms with Gasteiger partial charge >= 0.3 is 0 Å². The molecule has 9 heteroatoms. The molecule has 2 aromatic carbocycles. The number of hydrogen-bond acceptors (Lipinski definition) is 5. The van der Waals surface area contributed by atoms with Gasteiger partial charge < -0.3 is 0 Å². The van der Waals surface area contributed by atoms with Crippen LogP contribution in [0, 0.1) is 6.92 Å². The summed E-state index contributed by atoms with van der Waals surface area (Å²) in [6.45, 7) is 1.80. The van der Waals surface area contributed by atoms with Gasteiger partial charge in [0.2, 0.25) is 0 Å². The summed E-state index contributed by atoms with van der Waals surface area (Å²) in [5, 5.41) is 0.333. The first-order chi connectivity index (χ1) is 12.7. The Morgan fingerprint density at radius 1 is 0.778 bits per heavy atom. The summed E-state index contributed by atoms with van der Waals surface area (Å²) in [4.78, 5) is 3.57. The molecule has 1 aromatic heterocycles. The molecular weight excluding hydrogens is 408 g/mol. The largest absolute Gasteiger partial charge is 0.279 e. The van der Waals surface area contributed by atoms with Crippen molar-refractivity contribution in [1.82, 2.24) is 4.98 Å². The Morgan fingerprint density at radius 2 is 1.30 bits per heavy atom. The highest BCUT2D eigenvalue weighted by molar-refractivity contribution is 8.10. The zero-order valence-electron chi connectivity index (χ0n) is 14.2. The maximum absolute atomic E-state index is 13.2. The van der Waals surface area contributed by atoms with Gasteiger partial charge in [-0.1, -0.05) is 35.4 Å². The quantitative estimate of drug-likeness (QED) is 0.626. The average molecular weight is 423 g/mol.